The van der Waals surface area contributed by atoms with Crippen molar-refractivity contribution in [2.45, 2.75) is 38.7 Å². The highest BCUT2D eigenvalue weighted by Crippen LogP contribution is 2.29. The van der Waals surface area contributed by atoms with Crippen molar-refractivity contribution in [2.24, 2.45) is 0 Å². The van der Waals surface area contributed by atoms with Crippen molar-refractivity contribution in [3.63, 3.8) is 0 Å². The molecule has 0 saturated carbocycles. The standard InChI is InChI=1S/C21H28N4O2/c1-16-23-14-19(15-27-2)20(24-16)18-9-12-25(13-10-18)21(26)22-11-8-17-6-4-3-5-7-17/h3-7,14,18H,8-13,15H2,1-2H3,(H,22,26). The second-order valence-electron chi connectivity index (χ2n) is 6.99. The number of piperidine rings is 1. The number of urea groups is 1. The molecule has 1 saturated heterocycles. The van der Waals surface area contributed by atoms with E-state index in [2.05, 4.69) is 27.4 Å². The minimum atomic E-state index is 0.0281. The molecule has 2 aromatic rings. The van der Waals surface area contributed by atoms with E-state index >= 15 is 0 Å². The van der Waals surface area contributed by atoms with Crippen molar-refractivity contribution in [2.75, 3.05) is 26.7 Å². The molecule has 1 aromatic carbocycles. The molecule has 0 unspecified atom stereocenters. The SMILES string of the molecule is COCc1cnc(C)nc1C1CCN(C(=O)NCCc2ccccc2)CC1. The molecule has 0 bridgehead atoms. The molecular weight excluding hydrogens is 340 g/mol. The van der Waals surface area contributed by atoms with Crippen LogP contribution in [0.5, 0.6) is 0 Å². The van der Waals surface area contributed by atoms with Gasteiger partial charge in [-0.25, -0.2) is 14.8 Å². The maximum atomic E-state index is 12.4. The summed E-state index contributed by atoms with van der Waals surface area (Å²) >= 11 is 0. The lowest BCUT2D eigenvalue weighted by Crippen LogP contribution is -2.44. The number of amides is 2. The van der Waals surface area contributed by atoms with E-state index in [-0.39, 0.29) is 6.03 Å². The molecule has 0 spiro atoms. The van der Waals surface area contributed by atoms with E-state index in [0.29, 0.717) is 19.1 Å². The summed E-state index contributed by atoms with van der Waals surface area (Å²) in [6.07, 6.45) is 4.55. The van der Waals surface area contributed by atoms with Crippen LogP contribution in [0.1, 0.15) is 41.4 Å². The lowest BCUT2D eigenvalue weighted by atomic mass is 9.91. The topological polar surface area (TPSA) is 67.4 Å². The molecule has 2 amide bonds. The maximum Gasteiger partial charge on any atom is 0.317 e. The van der Waals surface area contributed by atoms with Gasteiger partial charge in [-0.2, -0.15) is 0 Å². The zero-order valence-corrected chi connectivity index (χ0v) is 16.1. The van der Waals surface area contributed by atoms with E-state index in [4.69, 9.17) is 4.74 Å². The second kappa shape index (κ2) is 9.46. The fraction of sp³-hybridized carbons (Fsp3) is 0.476. The smallest absolute Gasteiger partial charge is 0.317 e. The third-order valence-corrected chi connectivity index (χ3v) is 5.02. The lowest BCUT2D eigenvalue weighted by molar-refractivity contribution is 0.175. The lowest BCUT2D eigenvalue weighted by Gasteiger charge is -2.32. The van der Waals surface area contributed by atoms with Crippen molar-refractivity contribution in [3.8, 4) is 0 Å². The molecule has 0 aliphatic carbocycles. The molecule has 1 N–H and O–H groups in total. The molecule has 6 nitrogen and oxygen atoms in total. The third-order valence-electron chi connectivity index (χ3n) is 5.02. The molecule has 1 aliphatic rings. The Morgan fingerprint density at radius 3 is 2.70 bits per heavy atom. The number of ether oxygens (including phenoxy) is 1. The fourth-order valence-corrected chi connectivity index (χ4v) is 3.56. The first-order valence-corrected chi connectivity index (χ1v) is 9.55. The molecule has 27 heavy (non-hydrogen) atoms. The van der Waals surface area contributed by atoms with Gasteiger partial charge in [0.15, 0.2) is 0 Å². The van der Waals surface area contributed by atoms with Crippen LogP contribution in [0.2, 0.25) is 0 Å². The van der Waals surface area contributed by atoms with Crippen LogP contribution >= 0.6 is 0 Å². The zero-order chi connectivity index (χ0) is 19.1. The van der Waals surface area contributed by atoms with Crippen molar-refractivity contribution in [1.29, 1.82) is 0 Å². The highest BCUT2D eigenvalue weighted by atomic mass is 16.5. The third kappa shape index (κ3) is 5.26. The molecule has 1 aliphatic heterocycles. The van der Waals surface area contributed by atoms with Crippen LogP contribution in [0.25, 0.3) is 0 Å². The van der Waals surface area contributed by atoms with Gasteiger partial charge in [0.05, 0.1) is 12.3 Å². The van der Waals surface area contributed by atoms with Crippen molar-refractivity contribution in [1.82, 2.24) is 20.2 Å². The Labute approximate surface area is 161 Å². The van der Waals surface area contributed by atoms with Gasteiger partial charge in [0.2, 0.25) is 0 Å². The number of hydrogen-bond donors (Lipinski definition) is 1. The van der Waals surface area contributed by atoms with Crippen molar-refractivity contribution >= 4 is 6.03 Å². The molecule has 144 valence electrons. The Kier molecular flexibility index (Phi) is 6.76. The van der Waals surface area contributed by atoms with Crippen LogP contribution in [0.3, 0.4) is 0 Å². The minimum Gasteiger partial charge on any atom is -0.380 e. The summed E-state index contributed by atoms with van der Waals surface area (Å²) in [4.78, 5) is 23.3. The van der Waals surface area contributed by atoms with E-state index < -0.39 is 0 Å². The quantitative estimate of drug-likeness (QED) is 0.851. The average molecular weight is 368 g/mol. The molecular formula is C21H28N4O2. The number of rotatable bonds is 6. The summed E-state index contributed by atoms with van der Waals surface area (Å²) in [5, 5.41) is 3.04. The first kappa shape index (κ1) is 19.3. The number of methoxy groups -OCH3 is 1. The molecule has 3 rings (SSSR count). The van der Waals surface area contributed by atoms with Crippen molar-refractivity contribution in [3.05, 3.63) is 59.2 Å². The van der Waals surface area contributed by atoms with Crippen LogP contribution in [0, 0.1) is 6.92 Å². The largest absolute Gasteiger partial charge is 0.380 e. The van der Waals surface area contributed by atoms with Crippen LogP contribution in [0.4, 0.5) is 4.79 Å². The van der Waals surface area contributed by atoms with Crippen LogP contribution < -0.4 is 5.32 Å². The average Bonchev–Trinajstić information content (AvgIpc) is 2.70. The summed E-state index contributed by atoms with van der Waals surface area (Å²) in [5.74, 6) is 1.14. The number of hydrogen-bond acceptors (Lipinski definition) is 4. The molecule has 1 aromatic heterocycles. The first-order valence-electron chi connectivity index (χ1n) is 9.55. The Morgan fingerprint density at radius 1 is 1.26 bits per heavy atom. The van der Waals surface area contributed by atoms with Crippen LogP contribution in [-0.4, -0.2) is 47.6 Å². The Morgan fingerprint density at radius 2 is 2.00 bits per heavy atom. The Bertz CT molecular complexity index is 743. The molecule has 1 fully saturated rings. The van der Waals surface area contributed by atoms with Gasteiger partial charge in [-0.1, -0.05) is 30.3 Å². The van der Waals surface area contributed by atoms with E-state index in [0.717, 1.165) is 49.4 Å². The fourth-order valence-electron chi connectivity index (χ4n) is 3.56. The van der Waals surface area contributed by atoms with Gasteiger partial charge in [-0.3, -0.25) is 0 Å². The molecule has 0 radical (unpaired) electrons. The van der Waals surface area contributed by atoms with E-state index in [1.54, 1.807) is 7.11 Å². The van der Waals surface area contributed by atoms with Gasteiger partial charge in [0.25, 0.3) is 0 Å². The Hall–Kier alpha value is -2.47. The highest BCUT2D eigenvalue weighted by Gasteiger charge is 2.26. The summed E-state index contributed by atoms with van der Waals surface area (Å²) < 4.78 is 5.28. The number of aromatic nitrogens is 2. The molecule has 2 heterocycles. The van der Waals surface area contributed by atoms with Gasteiger partial charge in [-0.15, -0.1) is 0 Å². The normalized spacial score (nSPS) is 15.0. The summed E-state index contributed by atoms with van der Waals surface area (Å²) in [6.45, 7) is 4.59. The van der Waals surface area contributed by atoms with Crippen molar-refractivity contribution < 1.29 is 9.53 Å². The van der Waals surface area contributed by atoms with Crippen LogP contribution in [0.15, 0.2) is 36.5 Å². The number of likely N-dealkylation sites (tertiary alicyclic amines) is 1. The van der Waals surface area contributed by atoms with Gasteiger partial charge in [-0.05, 0) is 31.7 Å². The predicted molar refractivity (Wildman–Crippen MR) is 105 cm³/mol. The number of carbonyl (C=O) groups excluding carboxylic acids is 1. The number of carbonyl (C=O) groups is 1. The zero-order valence-electron chi connectivity index (χ0n) is 16.1. The first-order chi connectivity index (χ1) is 13.2. The van der Waals surface area contributed by atoms with Gasteiger partial charge in [0.1, 0.15) is 5.82 Å². The van der Waals surface area contributed by atoms with E-state index in [9.17, 15) is 4.79 Å². The highest BCUT2D eigenvalue weighted by molar-refractivity contribution is 5.74. The minimum absolute atomic E-state index is 0.0281. The molecule has 6 heteroatoms. The van der Waals surface area contributed by atoms with Gasteiger partial charge >= 0.3 is 6.03 Å². The molecule has 0 atom stereocenters. The maximum absolute atomic E-state index is 12.4. The number of aryl methyl sites for hydroxylation is 1. The monoisotopic (exact) mass is 368 g/mol. The number of benzene rings is 1. The van der Waals surface area contributed by atoms with E-state index in [1.165, 1.54) is 5.56 Å². The van der Waals surface area contributed by atoms with E-state index in [1.807, 2.05) is 36.2 Å². The predicted octanol–water partition coefficient (Wildman–Crippen LogP) is 3.06. The summed E-state index contributed by atoms with van der Waals surface area (Å²) in [7, 11) is 1.69. The number of nitrogens with zero attached hydrogens (tertiary/aromatic N) is 3. The number of nitrogens with one attached hydrogen (secondary N) is 1. The van der Waals surface area contributed by atoms with Gasteiger partial charge in [0, 0.05) is 44.4 Å². The van der Waals surface area contributed by atoms with Crippen LogP contribution in [-0.2, 0) is 17.8 Å². The second-order valence-corrected chi connectivity index (χ2v) is 6.99. The summed E-state index contributed by atoms with van der Waals surface area (Å²) in [5.41, 5.74) is 3.36. The summed E-state index contributed by atoms with van der Waals surface area (Å²) in [6, 6.07) is 10.2. The van der Waals surface area contributed by atoms with Gasteiger partial charge < -0.3 is 15.0 Å². The Balaban J connectivity index is 1.50.